The fraction of sp³-hybridized carbons (Fsp3) is 0. The highest BCUT2D eigenvalue weighted by atomic mass is 35.5. The minimum Gasteiger partial charge on any atom is -0.867 e. The van der Waals surface area contributed by atoms with Crippen LogP contribution in [0.2, 0.25) is 5.02 Å². The molecule has 0 spiro atoms. The first-order valence-corrected chi connectivity index (χ1v) is 6.73. The quantitative estimate of drug-likeness (QED) is 0.433. The molecule has 23 heavy (non-hydrogen) atoms. The van der Waals surface area contributed by atoms with Crippen molar-refractivity contribution in [1.82, 2.24) is 9.97 Å². The Hall–Kier alpha value is -3.13. The van der Waals surface area contributed by atoms with Gasteiger partial charge in [-0.3, -0.25) is 15.1 Å². The van der Waals surface area contributed by atoms with E-state index in [-0.39, 0.29) is 16.3 Å². The predicted molar refractivity (Wildman–Crippen MR) is 83.7 cm³/mol. The molecule has 2 aromatic carbocycles. The maximum atomic E-state index is 12.0. The van der Waals surface area contributed by atoms with Gasteiger partial charge in [0.15, 0.2) is 0 Å². The minimum atomic E-state index is -0.790. The Morgan fingerprint density at radius 1 is 1.17 bits per heavy atom. The second kappa shape index (κ2) is 5.58. The minimum absolute atomic E-state index is 0.00635. The average molecular weight is 332 g/mol. The molecule has 8 nitrogen and oxygen atoms in total. The molecular weight excluding hydrogens is 324 g/mol. The fourth-order valence-corrected chi connectivity index (χ4v) is 2.30. The predicted octanol–water partition coefficient (Wildman–Crippen LogP) is 2.24. The summed E-state index contributed by atoms with van der Waals surface area (Å²) in [6, 6.07) is 7.19. The normalized spacial score (nSPS) is 11.3. The lowest BCUT2D eigenvalue weighted by Crippen LogP contribution is -2.02. The van der Waals surface area contributed by atoms with Crippen molar-refractivity contribution in [2.75, 3.05) is 0 Å². The summed E-state index contributed by atoms with van der Waals surface area (Å²) in [5, 5.41) is 22.8. The zero-order valence-corrected chi connectivity index (χ0v) is 12.1. The smallest absolute Gasteiger partial charge is 0.323 e. The Balaban J connectivity index is 2.01. The van der Waals surface area contributed by atoms with Gasteiger partial charge in [0.05, 0.1) is 21.6 Å². The molecule has 116 valence electrons. The highest BCUT2D eigenvalue weighted by Crippen LogP contribution is 2.30. The number of rotatable bonds is 3. The SMILES string of the molecule is O=c1[nH]c2ccc(N=Cc3cc(Cl)cc([N+](=O)[O-])c3[O-])cc2[nH]1. The van der Waals surface area contributed by atoms with Crippen LogP contribution in [-0.4, -0.2) is 21.1 Å². The average Bonchev–Trinajstić information content (AvgIpc) is 2.86. The monoisotopic (exact) mass is 331 g/mol. The molecule has 0 fully saturated rings. The number of nitrogens with one attached hydrogen (secondary N) is 2. The molecule has 0 unspecified atom stereocenters. The van der Waals surface area contributed by atoms with Crippen LogP contribution in [0.3, 0.4) is 0 Å². The summed E-state index contributed by atoms with van der Waals surface area (Å²) in [4.78, 5) is 30.5. The molecule has 0 atom stereocenters. The van der Waals surface area contributed by atoms with Gasteiger partial charge in [-0.05, 0) is 35.6 Å². The number of fused-ring (bicyclic) bond motifs is 1. The van der Waals surface area contributed by atoms with Gasteiger partial charge in [0.1, 0.15) is 0 Å². The number of halogens is 1. The number of H-pyrrole nitrogens is 2. The topological polar surface area (TPSA) is 127 Å². The van der Waals surface area contributed by atoms with Crippen LogP contribution in [0, 0.1) is 10.1 Å². The van der Waals surface area contributed by atoms with E-state index >= 15 is 0 Å². The van der Waals surface area contributed by atoms with Crippen molar-refractivity contribution in [1.29, 1.82) is 0 Å². The summed E-state index contributed by atoms with van der Waals surface area (Å²) >= 11 is 5.78. The fourth-order valence-electron chi connectivity index (χ4n) is 2.08. The molecule has 0 bridgehead atoms. The van der Waals surface area contributed by atoms with E-state index in [2.05, 4.69) is 15.0 Å². The van der Waals surface area contributed by atoms with E-state index in [9.17, 15) is 20.0 Å². The molecule has 1 aromatic heterocycles. The van der Waals surface area contributed by atoms with Crippen LogP contribution in [-0.2, 0) is 0 Å². The first-order valence-electron chi connectivity index (χ1n) is 6.35. The van der Waals surface area contributed by atoms with Crippen molar-refractivity contribution in [3.63, 3.8) is 0 Å². The van der Waals surface area contributed by atoms with Gasteiger partial charge >= 0.3 is 5.69 Å². The number of nitro groups is 1. The number of aromatic nitrogens is 2. The molecule has 0 amide bonds. The van der Waals surface area contributed by atoms with Gasteiger partial charge in [0.25, 0.3) is 5.69 Å². The van der Waals surface area contributed by atoms with Gasteiger partial charge in [-0.25, -0.2) is 4.79 Å². The Morgan fingerprint density at radius 2 is 1.91 bits per heavy atom. The molecule has 3 rings (SSSR count). The first kappa shape index (κ1) is 14.8. The van der Waals surface area contributed by atoms with Gasteiger partial charge in [0, 0.05) is 17.3 Å². The Labute approximate surface area is 133 Å². The molecule has 0 saturated heterocycles. The van der Waals surface area contributed by atoms with Crippen molar-refractivity contribution >= 4 is 40.2 Å². The Bertz CT molecular complexity index is 1010. The third kappa shape index (κ3) is 2.92. The van der Waals surface area contributed by atoms with E-state index in [0.29, 0.717) is 16.7 Å². The van der Waals surface area contributed by atoms with Crippen molar-refractivity contribution in [2.45, 2.75) is 0 Å². The molecule has 0 aliphatic rings. The number of imidazole rings is 1. The van der Waals surface area contributed by atoms with Crippen LogP contribution in [0.15, 0.2) is 40.1 Å². The van der Waals surface area contributed by atoms with Crippen LogP contribution in [0.5, 0.6) is 5.75 Å². The van der Waals surface area contributed by atoms with Crippen molar-refractivity contribution < 1.29 is 10.0 Å². The number of aromatic amines is 2. The Kier molecular flexibility index (Phi) is 3.59. The summed E-state index contributed by atoms with van der Waals surface area (Å²) in [6.07, 6.45) is 1.20. The van der Waals surface area contributed by atoms with Gasteiger partial charge in [-0.15, -0.1) is 0 Å². The van der Waals surface area contributed by atoms with E-state index in [1.165, 1.54) is 12.3 Å². The van der Waals surface area contributed by atoms with E-state index < -0.39 is 16.4 Å². The molecule has 9 heteroatoms. The molecule has 0 aliphatic heterocycles. The number of aliphatic imine (C=N–C) groups is 1. The maximum Gasteiger partial charge on any atom is 0.323 e. The summed E-state index contributed by atoms with van der Waals surface area (Å²) in [5.74, 6) is -0.765. The number of nitro benzene ring substituents is 1. The second-order valence-electron chi connectivity index (χ2n) is 4.67. The summed E-state index contributed by atoms with van der Waals surface area (Å²) in [5.41, 5.74) is 0.709. The van der Waals surface area contributed by atoms with Gasteiger partial charge in [0.2, 0.25) is 0 Å². The van der Waals surface area contributed by atoms with Gasteiger partial charge < -0.3 is 15.1 Å². The standard InChI is InChI=1S/C14H9ClN4O4/c15-8-3-7(13(20)12(4-8)19(22)23)6-16-9-1-2-10-11(5-9)18-14(21)17-10/h1-6,20H,(H2,17,18,21)/p-1. The molecule has 0 saturated carbocycles. The van der Waals surface area contributed by atoms with E-state index in [0.717, 1.165) is 6.07 Å². The maximum absolute atomic E-state index is 12.0. The molecule has 3 aromatic rings. The molecular formula is C14H8ClN4O4-. The lowest BCUT2D eigenvalue weighted by atomic mass is 10.2. The van der Waals surface area contributed by atoms with Crippen molar-refractivity contribution in [3.05, 3.63) is 61.5 Å². The number of nitrogens with zero attached hydrogens (tertiary/aromatic N) is 2. The largest absolute Gasteiger partial charge is 0.867 e. The molecule has 0 radical (unpaired) electrons. The zero-order valence-electron chi connectivity index (χ0n) is 11.4. The van der Waals surface area contributed by atoms with E-state index in [1.54, 1.807) is 18.2 Å². The van der Waals surface area contributed by atoms with Crippen molar-refractivity contribution in [2.24, 2.45) is 4.99 Å². The highest BCUT2D eigenvalue weighted by molar-refractivity contribution is 6.31. The summed E-state index contributed by atoms with van der Waals surface area (Å²) < 4.78 is 0. The molecule has 2 N–H and O–H groups in total. The van der Waals surface area contributed by atoms with Crippen LogP contribution in [0.1, 0.15) is 5.56 Å². The first-order chi connectivity index (χ1) is 10.9. The van der Waals surface area contributed by atoms with Crippen LogP contribution >= 0.6 is 11.6 Å². The second-order valence-corrected chi connectivity index (χ2v) is 5.10. The molecule has 1 heterocycles. The highest BCUT2D eigenvalue weighted by Gasteiger charge is 2.11. The zero-order chi connectivity index (χ0) is 16.6. The summed E-state index contributed by atoms with van der Waals surface area (Å²) in [6.45, 7) is 0. The molecule has 0 aliphatic carbocycles. The van der Waals surface area contributed by atoms with E-state index in [4.69, 9.17) is 11.6 Å². The van der Waals surface area contributed by atoms with Crippen LogP contribution < -0.4 is 10.8 Å². The number of hydrogen-bond acceptors (Lipinski definition) is 5. The number of benzene rings is 2. The van der Waals surface area contributed by atoms with E-state index in [1.807, 2.05) is 0 Å². The summed E-state index contributed by atoms with van der Waals surface area (Å²) in [7, 11) is 0. The third-order valence-electron chi connectivity index (χ3n) is 3.11. The lowest BCUT2D eigenvalue weighted by molar-refractivity contribution is -0.398. The number of hydrogen-bond donors (Lipinski definition) is 2. The van der Waals surface area contributed by atoms with Crippen LogP contribution in [0.25, 0.3) is 11.0 Å². The third-order valence-corrected chi connectivity index (χ3v) is 3.33. The van der Waals surface area contributed by atoms with Crippen molar-refractivity contribution in [3.8, 4) is 5.75 Å². The Morgan fingerprint density at radius 3 is 2.65 bits per heavy atom. The lowest BCUT2D eigenvalue weighted by Gasteiger charge is -2.10. The van der Waals surface area contributed by atoms with Crippen LogP contribution in [0.4, 0.5) is 11.4 Å². The van der Waals surface area contributed by atoms with Gasteiger partial charge in [-0.1, -0.05) is 11.6 Å². The van der Waals surface area contributed by atoms with Gasteiger partial charge in [-0.2, -0.15) is 0 Å².